The standard InChI is InChI=1S/C23H27N3O3S2/c1-15-7-10-19(11-8-15)31(28,29)26-13-5-6-18(14-26)22(27)24-23-25(4)21-17(3)16(2)9-12-20(21)30-23/h7-12,18H,5-6,13-14H2,1-4H3. The van der Waals surface area contributed by atoms with Gasteiger partial charge in [0.05, 0.1) is 21.0 Å². The minimum absolute atomic E-state index is 0.172. The lowest BCUT2D eigenvalue weighted by Gasteiger charge is -2.30. The molecule has 0 radical (unpaired) electrons. The third-order valence-corrected chi connectivity index (χ3v) is 9.06. The molecule has 1 saturated heterocycles. The lowest BCUT2D eigenvalue weighted by atomic mass is 9.99. The molecule has 1 atom stereocenters. The van der Waals surface area contributed by atoms with Crippen LogP contribution in [0.15, 0.2) is 46.3 Å². The Morgan fingerprint density at radius 3 is 2.52 bits per heavy atom. The zero-order valence-electron chi connectivity index (χ0n) is 18.3. The van der Waals surface area contributed by atoms with E-state index in [-0.39, 0.29) is 17.3 Å². The number of benzene rings is 2. The fourth-order valence-corrected chi connectivity index (χ4v) is 6.65. The Labute approximate surface area is 186 Å². The highest BCUT2D eigenvalue weighted by molar-refractivity contribution is 7.89. The van der Waals surface area contributed by atoms with Crippen LogP contribution in [-0.2, 0) is 21.9 Å². The number of thiazole rings is 1. The van der Waals surface area contributed by atoms with Crippen molar-refractivity contribution < 1.29 is 13.2 Å². The highest BCUT2D eigenvalue weighted by atomic mass is 32.2. The average Bonchev–Trinajstić information content (AvgIpc) is 3.07. The molecule has 0 saturated carbocycles. The van der Waals surface area contributed by atoms with Gasteiger partial charge in [-0.25, -0.2) is 8.42 Å². The van der Waals surface area contributed by atoms with E-state index in [0.717, 1.165) is 15.8 Å². The predicted molar refractivity (Wildman–Crippen MR) is 124 cm³/mol. The van der Waals surface area contributed by atoms with Gasteiger partial charge in [0, 0.05) is 20.1 Å². The van der Waals surface area contributed by atoms with Crippen molar-refractivity contribution in [1.82, 2.24) is 8.87 Å². The van der Waals surface area contributed by atoms with Gasteiger partial charge < -0.3 is 4.57 Å². The summed E-state index contributed by atoms with van der Waals surface area (Å²) < 4.78 is 30.6. The second kappa shape index (κ2) is 8.33. The fraction of sp³-hybridized carbons (Fsp3) is 0.391. The van der Waals surface area contributed by atoms with Crippen molar-refractivity contribution in [3.63, 3.8) is 0 Å². The molecule has 1 aliphatic rings. The van der Waals surface area contributed by atoms with Crippen LogP contribution >= 0.6 is 11.3 Å². The second-order valence-electron chi connectivity index (χ2n) is 8.26. The van der Waals surface area contributed by atoms with Crippen LogP contribution in [0.2, 0.25) is 0 Å². The lowest BCUT2D eigenvalue weighted by Crippen LogP contribution is -2.42. The first-order valence-electron chi connectivity index (χ1n) is 10.4. The van der Waals surface area contributed by atoms with Crippen LogP contribution < -0.4 is 4.80 Å². The van der Waals surface area contributed by atoms with Crippen LogP contribution in [0, 0.1) is 26.7 Å². The predicted octanol–water partition coefficient (Wildman–Crippen LogP) is 3.69. The molecule has 164 valence electrons. The van der Waals surface area contributed by atoms with Crippen molar-refractivity contribution in [1.29, 1.82) is 0 Å². The maximum atomic E-state index is 13.0. The molecule has 1 unspecified atom stereocenters. The summed E-state index contributed by atoms with van der Waals surface area (Å²) in [7, 11) is -1.70. The SMILES string of the molecule is Cc1ccc(S(=O)(=O)N2CCCC(C(=O)N=c3sc4ccc(C)c(C)c4n3C)C2)cc1. The summed E-state index contributed by atoms with van der Waals surface area (Å²) in [6.07, 6.45) is 1.29. The van der Waals surface area contributed by atoms with Crippen LogP contribution in [0.3, 0.4) is 0 Å². The Kier molecular flexibility index (Phi) is 5.89. The number of aryl methyl sites for hydroxylation is 4. The molecule has 6 nitrogen and oxygen atoms in total. The Hall–Kier alpha value is -2.29. The van der Waals surface area contributed by atoms with E-state index in [1.807, 2.05) is 18.5 Å². The average molecular weight is 458 g/mol. The zero-order chi connectivity index (χ0) is 22.3. The number of rotatable bonds is 3. The van der Waals surface area contributed by atoms with Gasteiger partial charge in [0.15, 0.2) is 4.80 Å². The summed E-state index contributed by atoms with van der Waals surface area (Å²) in [5.74, 6) is -0.678. The Morgan fingerprint density at radius 2 is 1.81 bits per heavy atom. The minimum atomic E-state index is -3.62. The molecular weight excluding hydrogens is 430 g/mol. The van der Waals surface area contributed by atoms with Gasteiger partial charge in [-0.1, -0.05) is 35.1 Å². The molecule has 1 fully saturated rings. The van der Waals surface area contributed by atoms with Gasteiger partial charge in [0.25, 0.3) is 5.91 Å². The number of carbonyl (C=O) groups is 1. The van der Waals surface area contributed by atoms with Crippen molar-refractivity contribution in [3.05, 3.63) is 57.9 Å². The minimum Gasteiger partial charge on any atom is -0.319 e. The molecule has 31 heavy (non-hydrogen) atoms. The Bertz CT molecular complexity index is 1320. The quantitative estimate of drug-likeness (QED) is 0.602. The van der Waals surface area contributed by atoms with Gasteiger partial charge in [-0.15, -0.1) is 0 Å². The third kappa shape index (κ3) is 4.12. The summed E-state index contributed by atoms with van der Waals surface area (Å²) in [4.78, 5) is 18.3. The molecule has 2 aromatic carbocycles. The van der Waals surface area contributed by atoms with E-state index in [1.165, 1.54) is 26.8 Å². The molecule has 0 aliphatic carbocycles. The number of aromatic nitrogens is 1. The molecule has 1 amide bonds. The third-order valence-electron chi connectivity index (χ3n) is 6.09. The number of nitrogens with zero attached hydrogens (tertiary/aromatic N) is 3. The number of piperidine rings is 1. The maximum Gasteiger partial charge on any atom is 0.252 e. The first-order valence-corrected chi connectivity index (χ1v) is 12.7. The van der Waals surface area contributed by atoms with Gasteiger partial charge in [0.1, 0.15) is 0 Å². The Morgan fingerprint density at radius 1 is 1.10 bits per heavy atom. The van der Waals surface area contributed by atoms with E-state index >= 15 is 0 Å². The number of sulfonamides is 1. The van der Waals surface area contributed by atoms with E-state index in [4.69, 9.17) is 0 Å². The van der Waals surface area contributed by atoms with Crippen LogP contribution in [0.5, 0.6) is 0 Å². The molecule has 2 heterocycles. The molecule has 0 N–H and O–H groups in total. The zero-order valence-corrected chi connectivity index (χ0v) is 19.9. The van der Waals surface area contributed by atoms with Crippen molar-refractivity contribution in [2.75, 3.05) is 13.1 Å². The molecule has 1 aromatic heterocycles. The normalized spacial score (nSPS) is 18.6. The molecule has 0 bridgehead atoms. The first kappa shape index (κ1) is 21.9. The van der Waals surface area contributed by atoms with Crippen LogP contribution in [0.4, 0.5) is 0 Å². The van der Waals surface area contributed by atoms with Gasteiger partial charge in [-0.3, -0.25) is 4.79 Å². The van der Waals surface area contributed by atoms with Crippen molar-refractivity contribution >= 4 is 37.5 Å². The smallest absolute Gasteiger partial charge is 0.252 e. The highest BCUT2D eigenvalue weighted by Crippen LogP contribution is 2.26. The van der Waals surface area contributed by atoms with E-state index in [9.17, 15) is 13.2 Å². The number of fused-ring (bicyclic) bond motifs is 1. The fourth-order valence-electron chi connectivity index (χ4n) is 4.04. The van der Waals surface area contributed by atoms with E-state index in [1.54, 1.807) is 24.3 Å². The number of hydrogen-bond acceptors (Lipinski definition) is 4. The molecule has 3 aromatic rings. The lowest BCUT2D eigenvalue weighted by molar-refractivity contribution is -0.122. The van der Waals surface area contributed by atoms with Gasteiger partial charge in [-0.2, -0.15) is 9.30 Å². The van der Waals surface area contributed by atoms with E-state index in [0.29, 0.717) is 24.2 Å². The monoisotopic (exact) mass is 457 g/mol. The van der Waals surface area contributed by atoms with Crippen LogP contribution in [-0.4, -0.2) is 36.3 Å². The van der Waals surface area contributed by atoms with E-state index in [2.05, 4.69) is 31.0 Å². The van der Waals surface area contributed by atoms with Gasteiger partial charge in [0.2, 0.25) is 10.0 Å². The maximum absolute atomic E-state index is 13.0. The van der Waals surface area contributed by atoms with E-state index < -0.39 is 15.9 Å². The van der Waals surface area contributed by atoms with Crippen LogP contribution in [0.1, 0.15) is 29.5 Å². The largest absolute Gasteiger partial charge is 0.319 e. The van der Waals surface area contributed by atoms with Crippen molar-refractivity contribution in [2.45, 2.75) is 38.5 Å². The molecule has 4 rings (SSSR count). The second-order valence-corrected chi connectivity index (χ2v) is 11.2. The number of amides is 1. The summed E-state index contributed by atoms with van der Waals surface area (Å²) in [6.45, 7) is 6.66. The molecular formula is C23H27N3O3S2. The first-order chi connectivity index (χ1) is 14.7. The number of hydrogen-bond donors (Lipinski definition) is 0. The van der Waals surface area contributed by atoms with Crippen molar-refractivity contribution in [2.24, 2.45) is 18.0 Å². The molecule has 8 heteroatoms. The van der Waals surface area contributed by atoms with Gasteiger partial charge >= 0.3 is 0 Å². The highest BCUT2D eigenvalue weighted by Gasteiger charge is 2.33. The summed E-state index contributed by atoms with van der Waals surface area (Å²) in [5, 5.41) is 0. The Balaban J connectivity index is 1.61. The molecule has 0 spiro atoms. The summed E-state index contributed by atoms with van der Waals surface area (Å²) >= 11 is 1.49. The van der Waals surface area contributed by atoms with Crippen LogP contribution in [0.25, 0.3) is 10.2 Å². The molecule has 1 aliphatic heterocycles. The number of carbonyl (C=O) groups excluding carboxylic acids is 1. The van der Waals surface area contributed by atoms with Gasteiger partial charge in [-0.05, 0) is 62.9 Å². The summed E-state index contributed by atoms with van der Waals surface area (Å²) in [5.41, 5.74) is 4.47. The van der Waals surface area contributed by atoms with Crippen molar-refractivity contribution in [3.8, 4) is 0 Å². The summed E-state index contributed by atoms with van der Waals surface area (Å²) in [6, 6.07) is 11.0. The topological polar surface area (TPSA) is 71.7 Å².